The van der Waals surface area contributed by atoms with Crippen molar-refractivity contribution in [1.82, 2.24) is 15.1 Å². The maximum atomic E-state index is 13.6. The number of carbonyl (C=O) groups is 1. The van der Waals surface area contributed by atoms with Crippen LogP contribution < -0.4 is 5.32 Å². The molecule has 0 radical (unpaired) electrons. The van der Waals surface area contributed by atoms with Crippen molar-refractivity contribution >= 4 is 23.5 Å². The van der Waals surface area contributed by atoms with Gasteiger partial charge in [0.15, 0.2) is 0 Å². The van der Waals surface area contributed by atoms with E-state index in [1.54, 1.807) is 24.3 Å². The normalized spacial score (nSPS) is 24.2. The van der Waals surface area contributed by atoms with Crippen LogP contribution in [0.4, 0.5) is 14.8 Å². The summed E-state index contributed by atoms with van der Waals surface area (Å²) in [5.41, 5.74) is -0.301. The smallest absolute Gasteiger partial charge is 0.316 e. The number of amides is 1. The molecule has 1 aliphatic carbocycles. The third-order valence-corrected chi connectivity index (χ3v) is 5.65. The molecule has 1 aromatic carbocycles. The molecule has 1 aliphatic heterocycles. The van der Waals surface area contributed by atoms with Crippen LogP contribution in [0.1, 0.15) is 26.2 Å². The topological polar surface area (TPSA) is 71.3 Å². The molecular weight excluding hydrogens is 378 g/mol. The lowest BCUT2D eigenvalue weighted by molar-refractivity contribution is -0.131. The average molecular weight is 397 g/mol. The second kappa shape index (κ2) is 6.44. The predicted octanol–water partition coefficient (Wildman–Crippen LogP) is 3.84. The van der Waals surface area contributed by atoms with Crippen molar-refractivity contribution in [3.05, 3.63) is 29.3 Å². The van der Waals surface area contributed by atoms with E-state index in [0.29, 0.717) is 35.9 Å². The number of hydrogen-bond donors (Lipinski definition) is 1. The van der Waals surface area contributed by atoms with Crippen molar-refractivity contribution < 1.29 is 18.0 Å². The van der Waals surface area contributed by atoms with Crippen LogP contribution >= 0.6 is 11.6 Å². The van der Waals surface area contributed by atoms with Crippen molar-refractivity contribution in [2.75, 3.05) is 18.4 Å². The lowest BCUT2D eigenvalue weighted by Gasteiger charge is -2.22. The van der Waals surface area contributed by atoms with E-state index in [4.69, 9.17) is 16.0 Å². The van der Waals surface area contributed by atoms with E-state index in [9.17, 15) is 13.6 Å². The fraction of sp³-hybridized carbons (Fsp3) is 0.500. The minimum absolute atomic E-state index is 0.108. The Kier molecular flexibility index (Phi) is 4.33. The molecule has 1 spiro atoms. The molecule has 4 rings (SSSR count). The molecular formula is C18H19ClF2N4O2. The lowest BCUT2D eigenvalue weighted by atomic mass is 10.1. The monoisotopic (exact) mass is 396 g/mol. The summed E-state index contributed by atoms with van der Waals surface area (Å²) in [4.78, 5) is 14.2. The highest BCUT2D eigenvalue weighted by atomic mass is 35.5. The second-order valence-electron chi connectivity index (χ2n) is 7.20. The maximum Gasteiger partial charge on any atom is 0.316 e. The van der Waals surface area contributed by atoms with Gasteiger partial charge in [0.2, 0.25) is 11.8 Å². The summed E-state index contributed by atoms with van der Waals surface area (Å²) in [7, 11) is 0. The first kappa shape index (κ1) is 18.2. The highest BCUT2D eigenvalue weighted by Crippen LogP contribution is 2.65. The molecule has 9 heteroatoms. The Hall–Kier alpha value is -2.22. The number of nitrogens with one attached hydrogen (secondary N) is 1. The van der Waals surface area contributed by atoms with E-state index in [-0.39, 0.29) is 24.9 Å². The summed E-state index contributed by atoms with van der Waals surface area (Å²) in [6, 6.07) is 6.44. The summed E-state index contributed by atoms with van der Waals surface area (Å²) in [6.07, 6.45) is 0.697. The number of anilines is 1. The molecule has 1 N–H and O–H groups in total. The van der Waals surface area contributed by atoms with Crippen molar-refractivity contribution in [3.63, 3.8) is 0 Å². The molecule has 1 aromatic heterocycles. The van der Waals surface area contributed by atoms with Crippen molar-refractivity contribution in [1.29, 1.82) is 0 Å². The second-order valence-corrected chi connectivity index (χ2v) is 7.63. The molecule has 1 saturated carbocycles. The van der Waals surface area contributed by atoms with Gasteiger partial charge in [-0.2, -0.15) is 0 Å². The third-order valence-electron chi connectivity index (χ3n) is 5.40. The summed E-state index contributed by atoms with van der Waals surface area (Å²) < 4.78 is 32.7. The number of halogens is 3. The number of carbonyl (C=O) groups excluding carboxylic acids is 1. The molecule has 1 amide bonds. The third kappa shape index (κ3) is 3.26. The van der Waals surface area contributed by atoms with Crippen molar-refractivity contribution in [2.24, 2.45) is 5.41 Å². The van der Waals surface area contributed by atoms with Gasteiger partial charge in [-0.3, -0.25) is 4.79 Å². The van der Waals surface area contributed by atoms with E-state index in [2.05, 4.69) is 15.5 Å². The summed E-state index contributed by atoms with van der Waals surface area (Å²) in [6.45, 7) is 2.30. The summed E-state index contributed by atoms with van der Waals surface area (Å²) in [5, 5.41) is 11.4. The van der Waals surface area contributed by atoms with Crippen LogP contribution in [0, 0.1) is 5.41 Å². The number of rotatable bonds is 5. The Balaban J connectivity index is 1.42. The summed E-state index contributed by atoms with van der Waals surface area (Å²) >= 11 is 5.86. The van der Waals surface area contributed by atoms with E-state index in [1.165, 1.54) is 4.90 Å². The zero-order chi connectivity index (χ0) is 19.2. The van der Waals surface area contributed by atoms with Gasteiger partial charge in [-0.15, -0.1) is 5.10 Å². The first-order chi connectivity index (χ1) is 12.8. The minimum atomic E-state index is -2.64. The quantitative estimate of drug-likeness (QED) is 0.831. The van der Waals surface area contributed by atoms with Gasteiger partial charge in [0, 0.05) is 30.1 Å². The Labute approximate surface area is 159 Å². The number of benzene rings is 1. The van der Waals surface area contributed by atoms with Gasteiger partial charge in [-0.1, -0.05) is 23.6 Å². The van der Waals surface area contributed by atoms with Crippen LogP contribution in [-0.2, 0) is 4.79 Å². The van der Waals surface area contributed by atoms with Crippen LogP contribution in [0.5, 0.6) is 0 Å². The Morgan fingerprint density at radius 3 is 2.67 bits per heavy atom. The SMILES string of the molecule is CCC(Nc1nnc(-c2ccc(Cl)cc2)o1)C(=O)N1CCC2(C1)CC2(F)F. The molecule has 0 bridgehead atoms. The van der Waals surface area contributed by atoms with E-state index >= 15 is 0 Å². The van der Waals surface area contributed by atoms with E-state index in [0.717, 1.165) is 0 Å². The Morgan fingerprint density at radius 1 is 1.37 bits per heavy atom. The summed E-state index contributed by atoms with van der Waals surface area (Å²) in [5.74, 6) is -2.56. The standard InChI is InChI=1S/C18H19ClF2N4O2/c1-2-13(15(26)25-8-7-17(10-25)9-18(17,20)21)22-16-24-23-14(27-16)11-3-5-12(19)6-4-11/h3-6,13H,2,7-10H2,1H3,(H,22,24). The average Bonchev–Trinajstić information content (AvgIpc) is 3.05. The van der Waals surface area contributed by atoms with Crippen LogP contribution in [0.15, 0.2) is 28.7 Å². The van der Waals surface area contributed by atoms with Gasteiger partial charge in [0.25, 0.3) is 5.92 Å². The van der Waals surface area contributed by atoms with Crippen molar-refractivity contribution in [2.45, 2.75) is 38.2 Å². The molecule has 1 saturated heterocycles. The number of hydrogen-bond acceptors (Lipinski definition) is 5. The van der Waals surface area contributed by atoms with Gasteiger partial charge in [0.05, 0.1) is 5.41 Å². The zero-order valence-corrected chi connectivity index (χ0v) is 15.5. The van der Waals surface area contributed by atoms with Crippen LogP contribution in [-0.4, -0.2) is 46.1 Å². The van der Waals surface area contributed by atoms with E-state index in [1.807, 2.05) is 6.92 Å². The molecule has 2 heterocycles. The molecule has 2 aromatic rings. The molecule has 27 heavy (non-hydrogen) atoms. The molecule has 2 unspecified atom stereocenters. The molecule has 2 fully saturated rings. The zero-order valence-electron chi connectivity index (χ0n) is 14.7. The van der Waals surface area contributed by atoms with Crippen LogP contribution in [0.2, 0.25) is 5.02 Å². The number of nitrogens with zero attached hydrogens (tertiary/aromatic N) is 3. The fourth-order valence-corrected chi connectivity index (χ4v) is 3.71. The van der Waals surface area contributed by atoms with Gasteiger partial charge in [-0.05, 0) is 37.1 Å². The largest absolute Gasteiger partial charge is 0.403 e. The predicted molar refractivity (Wildman–Crippen MR) is 95.6 cm³/mol. The molecule has 2 aliphatic rings. The highest BCUT2D eigenvalue weighted by Gasteiger charge is 2.73. The van der Waals surface area contributed by atoms with Crippen LogP contribution in [0.3, 0.4) is 0 Å². The first-order valence-electron chi connectivity index (χ1n) is 8.86. The first-order valence-corrected chi connectivity index (χ1v) is 9.24. The highest BCUT2D eigenvalue weighted by molar-refractivity contribution is 6.30. The van der Waals surface area contributed by atoms with Gasteiger partial charge in [-0.25, -0.2) is 8.78 Å². The lowest BCUT2D eigenvalue weighted by Crippen LogP contribution is -2.42. The Bertz CT molecular complexity index is 857. The fourth-order valence-electron chi connectivity index (χ4n) is 3.58. The number of likely N-dealkylation sites (tertiary alicyclic amines) is 1. The van der Waals surface area contributed by atoms with Gasteiger partial charge in [0.1, 0.15) is 6.04 Å². The van der Waals surface area contributed by atoms with E-state index < -0.39 is 17.4 Å². The molecule has 2 atom stereocenters. The van der Waals surface area contributed by atoms with Gasteiger partial charge >= 0.3 is 6.01 Å². The minimum Gasteiger partial charge on any atom is -0.403 e. The number of aromatic nitrogens is 2. The number of alkyl halides is 2. The van der Waals surface area contributed by atoms with Crippen molar-refractivity contribution in [3.8, 4) is 11.5 Å². The maximum absolute atomic E-state index is 13.6. The van der Waals surface area contributed by atoms with Gasteiger partial charge < -0.3 is 14.6 Å². The molecule has 6 nitrogen and oxygen atoms in total. The molecule has 144 valence electrons. The Morgan fingerprint density at radius 2 is 2.07 bits per heavy atom. The van der Waals surface area contributed by atoms with Crippen LogP contribution in [0.25, 0.3) is 11.5 Å².